The van der Waals surface area contributed by atoms with Crippen molar-refractivity contribution in [1.82, 2.24) is 14.6 Å². The molecule has 0 radical (unpaired) electrons. The summed E-state index contributed by atoms with van der Waals surface area (Å²) in [4.78, 5) is 17.6. The fraction of sp³-hybridized carbons (Fsp3) is 0.0312. The number of benzene rings is 4. The molecule has 0 atom stereocenters. The van der Waals surface area contributed by atoms with Gasteiger partial charge in [-0.2, -0.15) is 9.61 Å². The minimum absolute atomic E-state index is 0.310. The lowest BCUT2D eigenvalue weighted by molar-refractivity contribution is 0.262. The summed E-state index contributed by atoms with van der Waals surface area (Å²) < 4.78 is 2.53. The first-order chi connectivity index (χ1) is 20.0. The highest BCUT2D eigenvalue weighted by atomic mass is 79.9. The first-order valence-corrected chi connectivity index (χ1v) is 14.1. The molecule has 9 heteroatoms. The van der Waals surface area contributed by atoms with Gasteiger partial charge in [0, 0.05) is 34.4 Å². The molecule has 0 saturated heterocycles. The van der Waals surface area contributed by atoms with Gasteiger partial charge in [-0.3, -0.25) is 0 Å². The van der Waals surface area contributed by atoms with Crippen LogP contribution in [0.5, 0.6) is 0 Å². The van der Waals surface area contributed by atoms with Gasteiger partial charge in [-0.25, -0.2) is 9.78 Å². The van der Waals surface area contributed by atoms with E-state index in [1.807, 2.05) is 109 Å². The van der Waals surface area contributed by atoms with Gasteiger partial charge in [-0.15, -0.1) is 0 Å². The molecule has 41 heavy (non-hydrogen) atoms. The Labute approximate surface area is 250 Å². The number of carbonyl (C=O) groups excluding carboxylic acids is 1. The maximum Gasteiger partial charge on any atom is 0.323 e. The molecule has 0 bridgehead atoms. The van der Waals surface area contributed by atoms with Crippen LogP contribution in [0.3, 0.4) is 0 Å². The summed E-state index contributed by atoms with van der Waals surface area (Å²) in [6.07, 6.45) is 1.72. The molecule has 6 aromatic rings. The van der Waals surface area contributed by atoms with E-state index in [4.69, 9.17) is 16.6 Å². The largest absolute Gasteiger partial charge is 0.366 e. The number of fused-ring (bicyclic) bond motifs is 1. The Morgan fingerprint density at radius 3 is 2.32 bits per heavy atom. The Hall–Kier alpha value is -4.66. The number of hydrogen-bond acceptors (Lipinski definition) is 4. The highest BCUT2D eigenvalue weighted by Gasteiger charge is 2.13. The highest BCUT2D eigenvalue weighted by Crippen LogP contribution is 2.31. The lowest BCUT2D eigenvalue weighted by Gasteiger charge is -2.13. The number of amides is 2. The number of carbonyl (C=O) groups is 1. The molecule has 2 aromatic heterocycles. The number of rotatable bonds is 7. The van der Waals surface area contributed by atoms with Gasteiger partial charge < -0.3 is 16.0 Å². The molecule has 0 saturated carbocycles. The SMILES string of the molecule is O=C(Nc1ccc(CNc2cc(-c3ccccc3Cl)nc3c(Br)cnn23)cc1)Nc1ccccc1-c1ccccc1. The Morgan fingerprint density at radius 1 is 0.829 bits per heavy atom. The number of anilines is 3. The molecule has 202 valence electrons. The van der Waals surface area contributed by atoms with Crippen molar-refractivity contribution in [3.05, 3.63) is 130 Å². The van der Waals surface area contributed by atoms with Crippen molar-refractivity contribution in [3.63, 3.8) is 0 Å². The van der Waals surface area contributed by atoms with Gasteiger partial charge in [0.25, 0.3) is 0 Å². The van der Waals surface area contributed by atoms with Crippen molar-refractivity contribution < 1.29 is 4.79 Å². The van der Waals surface area contributed by atoms with Crippen LogP contribution in [0, 0.1) is 0 Å². The summed E-state index contributed by atoms with van der Waals surface area (Å²) in [6, 6.07) is 34.6. The molecule has 6 rings (SSSR count). The van der Waals surface area contributed by atoms with Crippen molar-refractivity contribution in [1.29, 1.82) is 0 Å². The van der Waals surface area contributed by atoms with Crippen molar-refractivity contribution in [3.8, 4) is 22.4 Å². The maximum atomic E-state index is 12.8. The monoisotopic (exact) mass is 622 g/mol. The van der Waals surface area contributed by atoms with Crippen LogP contribution < -0.4 is 16.0 Å². The number of para-hydroxylation sites is 1. The minimum atomic E-state index is -0.310. The average molecular weight is 624 g/mol. The number of halogens is 2. The third kappa shape index (κ3) is 5.94. The van der Waals surface area contributed by atoms with Gasteiger partial charge in [-0.05, 0) is 51.3 Å². The second-order valence-electron chi connectivity index (χ2n) is 9.28. The fourth-order valence-corrected chi connectivity index (χ4v) is 5.09. The molecule has 0 unspecified atom stereocenters. The zero-order valence-electron chi connectivity index (χ0n) is 21.7. The summed E-state index contributed by atoms with van der Waals surface area (Å²) in [5.41, 5.74) is 6.71. The number of aromatic nitrogens is 3. The van der Waals surface area contributed by atoms with E-state index in [0.717, 1.165) is 43.9 Å². The predicted octanol–water partition coefficient (Wildman–Crippen LogP) is 8.74. The van der Waals surface area contributed by atoms with Gasteiger partial charge in [0.2, 0.25) is 0 Å². The molecule has 4 aromatic carbocycles. The molecule has 3 N–H and O–H groups in total. The zero-order valence-corrected chi connectivity index (χ0v) is 24.0. The molecule has 0 spiro atoms. The lowest BCUT2D eigenvalue weighted by atomic mass is 10.0. The minimum Gasteiger partial charge on any atom is -0.366 e. The number of urea groups is 1. The standard InChI is InChI=1S/C32H24BrClN6O/c33-26-20-36-40-30(18-29(38-31(26)40)25-11-4-6-12-27(25)34)35-19-21-14-16-23(17-15-21)37-32(41)39-28-13-7-5-10-24(28)22-8-2-1-3-9-22/h1-18,20,35H,19H2,(H2,37,39,41). The van der Waals surface area contributed by atoms with E-state index in [0.29, 0.717) is 22.9 Å². The van der Waals surface area contributed by atoms with E-state index in [2.05, 4.69) is 37.0 Å². The zero-order chi connectivity index (χ0) is 28.2. The van der Waals surface area contributed by atoms with Crippen LogP contribution in [-0.4, -0.2) is 20.6 Å². The van der Waals surface area contributed by atoms with Crippen molar-refractivity contribution in [2.45, 2.75) is 6.54 Å². The Bertz CT molecular complexity index is 1840. The van der Waals surface area contributed by atoms with Gasteiger partial charge in [-0.1, -0.05) is 90.5 Å². The first kappa shape index (κ1) is 26.6. The van der Waals surface area contributed by atoms with Crippen LogP contribution in [0.4, 0.5) is 22.0 Å². The molecular weight excluding hydrogens is 600 g/mol. The van der Waals surface area contributed by atoms with Crippen molar-refractivity contribution in [2.24, 2.45) is 0 Å². The third-order valence-corrected chi connectivity index (χ3v) is 7.41. The van der Waals surface area contributed by atoms with Crippen LogP contribution in [0.1, 0.15) is 5.56 Å². The van der Waals surface area contributed by atoms with Crippen LogP contribution >= 0.6 is 27.5 Å². The molecule has 0 aliphatic rings. The predicted molar refractivity (Wildman–Crippen MR) is 169 cm³/mol. The van der Waals surface area contributed by atoms with E-state index < -0.39 is 0 Å². The molecule has 2 heterocycles. The number of nitrogens with zero attached hydrogens (tertiary/aromatic N) is 3. The average Bonchev–Trinajstić information content (AvgIpc) is 3.38. The first-order valence-electron chi connectivity index (χ1n) is 12.9. The maximum absolute atomic E-state index is 12.8. The number of nitrogens with one attached hydrogen (secondary N) is 3. The second-order valence-corrected chi connectivity index (χ2v) is 10.5. The Balaban J connectivity index is 1.14. The third-order valence-electron chi connectivity index (χ3n) is 6.52. The summed E-state index contributed by atoms with van der Waals surface area (Å²) >= 11 is 9.99. The number of hydrogen-bond donors (Lipinski definition) is 3. The summed E-state index contributed by atoms with van der Waals surface area (Å²) in [5.74, 6) is 0.772. The van der Waals surface area contributed by atoms with E-state index in [-0.39, 0.29) is 6.03 Å². The smallest absolute Gasteiger partial charge is 0.323 e. The Kier molecular flexibility index (Phi) is 7.67. The topological polar surface area (TPSA) is 83.3 Å². The van der Waals surface area contributed by atoms with Crippen LogP contribution in [0.15, 0.2) is 120 Å². The van der Waals surface area contributed by atoms with Gasteiger partial charge in [0.05, 0.1) is 22.1 Å². The Morgan fingerprint density at radius 2 is 1.54 bits per heavy atom. The molecule has 0 fully saturated rings. The lowest BCUT2D eigenvalue weighted by Crippen LogP contribution is -2.19. The molecule has 7 nitrogen and oxygen atoms in total. The van der Waals surface area contributed by atoms with Gasteiger partial charge >= 0.3 is 6.03 Å². The summed E-state index contributed by atoms with van der Waals surface area (Å²) in [5, 5.41) is 14.4. The molecule has 0 aliphatic carbocycles. The van der Waals surface area contributed by atoms with Crippen molar-refractivity contribution in [2.75, 3.05) is 16.0 Å². The quantitative estimate of drug-likeness (QED) is 0.166. The van der Waals surface area contributed by atoms with E-state index >= 15 is 0 Å². The van der Waals surface area contributed by atoms with Crippen LogP contribution in [0.25, 0.3) is 28.0 Å². The highest BCUT2D eigenvalue weighted by molar-refractivity contribution is 9.10. The van der Waals surface area contributed by atoms with E-state index in [9.17, 15) is 4.79 Å². The van der Waals surface area contributed by atoms with Gasteiger partial charge in [0.1, 0.15) is 5.82 Å². The van der Waals surface area contributed by atoms with Crippen molar-refractivity contribution >= 4 is 56.4 Å². The fourth-order valence-electron chi connectivity index (χ4n) is 4.51. The molecular formula is C32H24BrClN6O. The van der Waals surface area contributed by atoms with E-state index in [1.165, 1.54) is 0 Å². The second kappa shape index (κ2) is 11.8. The van der Waals surface area contributed by atoms with Crippen LogP contribution in [0.2, 0.25) is 5.02 Å². The molecule has 0 aliphatic heterocycles. The van der Waals surface area contributed by atoms with Crippen LogP contribution in [-0.2, 0) is 6.54 Å². The molecule has 2 amide bonds. The normalized spacial score (nSPS) is 10.9. The van der Waals surface area contributed by atoms with Gasteiger partial charge in [0.15, 0.2) is 5.65 Å². The van der Waals surface area contributed by atoms with E-state index in [1.54, 1.807) is 10.7 Å². The summed E-state index contributed by atoms with van der Waals surface area (Å²) in [7, 11) is 0. The summed E-state index contributed by atoms with van der Waals surface area (Å²) in [6.45, 7) is 0.537.